The smallest absolute Gasteiger partial charge is 0.213 e. The lowest BCUT2D eigenvalue weighted by molar-refractivity contribution is 0.0785. The number of rotatable bonds is 8. The van der Waals surface area contributed by atoms with Crippen LogP contribution in [-0.4, -0.2) is 90.7 Å². The number of benzene rings is 1. The molecule has 43 heavy (non-hydrogen) atoms. The average Bonchev–Trinajstić information content (AvgIpc) is 3.72. The summed E-state index contributed by atoms with van der Waals surface area (Å²) in [5, 5.41) is 6.58. The summed E-state index contributed by atoms with van der Waals surface area (Å²) in [6, 6.07) is 8.85. The van der Waals surface area contributed by atoms with E-state index in [1.54, 1.807) is 31.3 Å². The van der Waals surface area contributed by atoms with Gasteiger partial charge in [0.25, 0.3) is 0 Å². The second-order valence-corrected chi connectivity index (χ2v) is 16.0. The molecule has 6 rings (SSSR count). The molecule has 0 spiro atoms. The lowest BCUT2D eigenvalue weighted by Crippen LogP contribution is -2.43. The number of sulfonamides is 1. The van der Waals surface area contributed by atoms with Crippen molar-refractivity contribution in [1.82, 2.24) is 29.1 Å². The van der Waals surface area contributed by atoms with Crippen LogP contribution < -0.4 is 10.6 Å². The van der Waals surface area contributed by atoms with Crippen molar-refractivity contribution >= 4 is 52.6 Å². The average molecular weight is 693 g/mol. The number of ether oxygens (including phenoxy) is 1. The van der Waals surface area contributed by atoms with E-state index in [1.165, 1.54) is 4.31 Å². The first-order valence-electron chi connectivity index (χ1n) is 14.1. The number of aromatic nitrogens is 4. The van der Waals surface area contributed by atoms with Gasteiger partial charge >= 0.3 is 0 Å². The molecule has 230 valence electrons. The highest BCUT2D eigenvalue weighted by atomic mass is 79.9. The van der Waals surface area contributed by atoms with Crippen LogP contribution in [0.1, 0.15) is 24.7 Å². The number of hydrogen-bond acceptors (Lipinski definition) is 9. The topological polar surface area (TPSA) is 151 Å². The molecule has 5 heterocycles. The van der Waals surface area contributed by atoms with Crippen molar-refractivity contribution in [1.29, 1.82) is 0 Å². The normalized spacial score (nSPS) is 20.2. The van der Waals surface area contributed by atoms with Gasteiger partial charge in [-0.2, -0.15) is 4.31 Å². The highest BCUT2D eigenvalue weighted by Gasteiger charge is 2.32. The van der Waals surface area contributed by atoms with Gasteiger partial charge in [0.05, 0.1) is 27.4 Å². The Kier molecular flexibility index (Phi) is 8.15. The SMILES string of the molecule is CCS(=O)(=O)N1CC[C@H](Nc2c(Br)cnc3[nH]c(-c4cc(C)n(-c5cccc(S(=O)(=O)C6CNCCO6)c5)c4C)nc23)C1. The van der Waals surface area contributed by atoms with Gasteiger partial charge in [-0.15, -0.1) is 0 Å². The molecule has 0 aliphatic carbocycles. The summed E-state index contributed by atoms with van der Waals surface area (Å²) >= 11 is 3.59. The van der Waals surface area contributed by atoms with E-state index >= 15 is 0 Å². The molecule has 2 aliphatic rings. The minimum Gasteiger partial charge on any atom is -0.378 e. The lowest BCUT2D eigenvalue weighted by atomic mass is 10.2. The number of nitrogens with one attached hydrogen (secondary N) is 3. The number of anilines is 1. The summed E-state index contributed by atoms with van der Waals surface area (Å²) < 4.78 is 61.1. The predicted octanol–water partition coefficient (Wildman–Crippen LogP) is 3.35. The lowest BCUT2D eigenvalue weighted by Gasteiger charge is -2.23. The number of aryl methyl sites for hydroxylation is 1. The zero-order chi connectivity index (χ0) is 30.5. The van der Waals surface area contributed by atoms with Crippen LogP contribution in [-0.2, 0) is 24.6 Å². The molecule has 3 N–H and O–H groups in total. The molecule has 2 saturated heterocycles. The third kappa shape index (κ3) is 5.62. The Hall–Kier alpha value is -2.82. The Morgan fingerprint density at radius 2 is 2.00 bits per heavy atom. The van der Waals surface area contributed by atoms with Crippen molar-refractivity contribution in [2.24, 2.45) is 0 Å². The van der Waals surface area contributed by atoms with Crippen molar-refractivity contribution in [2.45, 2.75) is 43.6 Å². The fourth-order valence-electron chi connectivity index (χ4n) is 5.77. The summed E-state index contributed by atoms with van der Waals surface area (Å²) in [6.07, 6.45) is 2.38. The van der Waals surface area contributed by atoms with Crippen molar-refractivity contribution < 1.29 is 21.6 Å². The predicted molar refractivity (Wildman–Crippen MR) is 169 cm³/mol. The molecule has 0 amide bonds. The van der Waals surface area contributed by atoms with Gasteiger partial charge in [-0.1, -0.05) is 6.07 Å². The minimum atomic E-state index is -3.69. The maximum atomic E-state index is 13.3. The van der Waals surface area contributed by atoms with E-state index in [1.807, 2.05) is 30.5 Å². The number of fused-ring (bicyclic) bond motifs is 1. The molecular formula is C28H34BrN7O5S2. The summed E-state index contributed by atoms with van der Waals surface area (Å²) in [5.74, 6) is 0.700. The van der Waals surface area contributed by atoms with Gasteiger partial charge in [0.1, 0.15) is 11.3 Å². The number of nitrogens with zero attached hydrogens (tertiary/aromatic N) is 4. The molecule has 3 aromatic heterocycles. The highest BCUT2D eigenvalue weighted by Crippen LogP contribution is 2.35. The van der Waals surface area contributed by atoms with Crippen molar-refractivity contribution in [3.8, 4) is 17.1 Å². The molecular weight excluding hydrogens is 658 g/mol. The number of aromatic amines is 1. The van der Waals surface area contributed by atoms with Gasteiger partial charge < -0.3 is 24.9 Å². The fourth-order valence-corrected chi connectivity index (χ4v) is 8.80. The third-order valence-electron chi connectivity index (χ3n) is 8.06. The standard InChI is InChI=1S/C28H34BrN7O5S2/c1-4-42(37,38)35-10-8-19(16-35)32-25-23(29)14-31-28-26(25)33-27(34-28)22-12-17(2)36(18(22)3)20-6-5-7-21(13-20)43(39,40)24-15-30-9-11-41-24/h5-7,12-14,19,24,30H,4,8-11,15-16H2,1-3H3,(H2,31,32,33,34)/t19-,24?/m0/s1. The molecule has 15 heteroatoms. The molecule has 4 aromatic rings. The highest BCUT2D eigenvalue weighted by molar-refractivity contribution is 9.10. The number of morpholine rings is 1. The molecule has 1 unspecified atom stereocenters. The maximum Gasteiger partial charge on any atom is 0.213 e. The van der Waals surface area contributed by atoms with Crippen LogP contribution >= 0.6 is 15.9 Å². The van der Waals surface area contributed by atoms with Gasteiger partial charge in [-0.05, 0) is 67.4 Å². The molecule has 0 bridgehead atoms. The zero-order valence-electron chi connectivity index (χ0n) is 24.1. The molecule has 1 aromatic carbocycles. The number of H-pyrrole nitrogens is 1. The monoisotopic (exact) mass is 691 g/mol. The van der Waals surface area contributed by atoms with Gasteiger partial charge in [0, 0.05) is 61.1 Å². The van der Waals surface area contributed by atoms with Crippen molar-refractivity contribution in [3.63, 3.8) is 0 Å². The Morgan fingerprint density at radius 3 is 2.74 bits per heavy atom. The van der Waals surface area contributed by atoms with E-state index in [-0.39, 0.29) is 23.2 Å². The first-order valence-corrected chi connectivity index (χ1v) is 18.1. The summed E-state index contributed by atoms with van der Waals surface area (Å²) in [6.45, 7) is 7.69. The maximum absolute atomic E-state index is 13.3. The minimum absolute atomic E-state index is 0.0632. The van der Waals surface area contributed by atoms with E-state index in [9.17, 15) is 16.8 Å². The zero-order valence-corrected chi connectivity index (χ0v) is 27.3. The molecule has 2 aliphatic heterocycles. The van der Waals surface area contributed by atoms with Crippen LogP contribution in [0.3, 0.4) is 0 Å². The van der Waals surface area contributed by atoms with Crippen LogP contribution in [0.4, 0.5) is 5.69 Å². The quantitative estimate of drug-likeness (QED) is 0.253. The van der Waals surface area contributed by atoms with Crippen molar-refractivity contribution in [3.05, 3.63) is 52.4 Å². The Labute approximate surface area is 259 Å². The van der Waals surface area contributed by atoms with Gasteiger partial charge in [-0.25, -0.2) is 26.8 Å². The first-order chi connectivity index (χ1) is 20.5. The third-order valence-corrected chi connectivity index (χ3v) is 12.4. The molecule has 2 atom stereocenters. The number of sulfone groups is 1. The van der Waals surface area contributed by atoms with Crippen LogP contribution in [0, 0.1) is 13.8 Å². The molecule has 12 nitrogen and oxygen atoms in total. The summed E-state index contributed by atoms with van der Waals surface area (Å²) in [5.41, 5.74) is 4.42. The van der Waals surface area contributed by atoms with E-state index in [0.29, 0.717) is 49.7 Å². The Bertz CT molecular complexity index is 1900. The van der Waals surface area contributed by atoms with Crippen LogP contribution in [0.15, 0.2) is 45.9 Å². The number of hydrogen-bond donors (Lipinski definition) is 3. The molecule has 0 radical (unpaired) electrons. The Balaban J connectivity index is 1.32. The Morgan fingerprint density at radius 1 is 1.19 bits per heavy atom. The second kappa shape index (κ2) is 11.6. The van der Waals surface area contributed by atoms with Gasteiger partial charge in [-0.3, -0.25) is 0 Å². The van der Waals surface area contributed by atoms with Gasteiger partial charge in [0.15, 0.2) is 11.1 Å². The van der Waals surface area contributed by atoms with Crippen LogP contribution in [0.5, 0.6) is 0 Å². The van der Waals surface area contributed by atoms with E-state index in [2.05, 4.69) is 36.5 Å². The van der Waals surface area contributed by atoms with Crippen molar-refractivity contribution in [2.75, 3.05) is 43.9 Å². The van der Waals surface area contributed by atoms with E-state index in [4.69, 9.17) is 9.72 Å². The van der Waals surface area contributed by atoms with E-state index in [0.717, 1.165) is 32.8 Å². The number of pyridine rings is 1. The number of halogens is 1. The largest absolute Gasteiger partial charge is 0.378 e. The van der Waals surface area contributed by atoms with Crippen LogP contribution in [0.2, 0.25) is 0 Å². The second-order valence-electron chi connectivity index (χ2n) is 10.8. The first kappa shape index (κ1) is 30.2. The summed E-state index contributed by atoms with van der Waals surface area (Å²) in [7, 11) is -6.94. The molecule has 0 saturated carbocycles. The number of imidazole rings is 1. The van der Waals surface area contributed by atoms with Gasteiger partial charge in [0.2, 0.25) is 19.9 Å². The van der Waals surface area contributed by atoms with E-state index < -0.39 is 25.3 Å². The fraction of sp³-hybridized carbons (Fsp3) is 0.429. The van der Waals surface area contributed by atoms with Crippen LogP contribution in [0.25, 0.3) is 28.2 Å². The molecule has 2 fully saturated rings. The summed E-state index contributed by atoms with van der Waals surface area (Å²) in [4.78, 5) is 13.0.